The van der Waals surface area contributed by atoms with E-state index in [0.717, 1.165) is 23.1 Å². The Morgan fingerprint density at radius 3 is 2.21 bits per heavy atom. The number of fused-ring (bicyclic) bond motifs is 1. The summed E-state index contributed by atoms with van der Waals surface area (Å²) in [6.07, 6.45) is 1.05. The summed E-state index contributed by atoms with van der Waals surface area (Å²) in [5, 5.41) is 8.98. The molecule has 0 saturated heterocycles. The van der Waals surface area contributed by atoms with Gasteiger partial charge in [-0.15, -0.1) is 0 Å². The molecule has 29 heavy (non-hydrogen) atoms. The quantitative estimate of drug-likeness (QED) is 0.653. The highest BCUT2D eigenvalue weighted by molar-refractivity contribution is 5.88. The summed E-state index contributed by atoms with van der Waals surface area (Å²) in [5.41, 5.74) is 1.04. The van der Waals surface area contributed by atoms with Gasteiger partial charge in [0.1, 0.15) is 5.75 Å². The van der Waals surface area contributed by atoms with Crippen LogP contribution in [-0.4, -0.2) is 23.6 Å². The van der Waals surface area contributed by atoms with Crippen molar-refractivity contribution in [1.29, 1.82) is 0 Å². The van der Waals surface area contributed by atoms with Gasteiger partial charge in [-0.1, -0.05) is 51.1 Å². The second kappa shape index (κ2) is 8.74. The molecule has 2 N–H and O–H groups in total. The van der Waals surface area contributed by atoms with Crippen LogP contribution in [0.2, 0.25) is 0 Å². The lowest BCUT2D eigenvalue weighted by Crippen LogP contribution is -2.43. The van der Waals surface area contributed by atoms with Crippen molar-refractivity contribution in [3.63, 3.8) is 0 Å². The lowest BCUT2D eigenvalue weighted by molar-refractivity contribution is -0.124. The van der Waals surface area contributed by atoms with Crippen molar-refractivity contribution in [2.45, 2.75) is 79.4 Å². The van der Waals surface area contributed by atoms with E-state index in [-0.39, 0.29) is 29.0 Å². The molecular formula is C25H38N2O2. The highest BCUT2D eigenvalue weighted by atomic mass is 16.5. The number of benzene rings is 2. The molecule has 0 aliphatic carbocycles. The Morgan fingerprint density at radius 1 is 0.931 bits per heavy atom. The number of nitrogens with one attached hydrogen (secondary N) is 2. The molecule has 0 aromatic heterocycles. The first kappa shape index (κ1) is 23.2. The maximum atomic E-state index is 12.2. The van der Waals surface area contributed by atoms with Gasteiger partial charge in [-0.05, 0) is 63.3 Å². The second-order valence-corrected chi connectivity index (χ2v) is 10.8. The van der Waals surface area contributed by atoms with E-state index in [1.54, 1.807) is 0 Å². The SMILES string of the molecule is CC(C)(C)CC(C)(C)NCc1c(OCC(=O)NC(C)(C)C)ccc2ccccc12. The number of hydrogen-bond acceptors (Lipinski definition) is 3. The van der Waals surface area contributed by atoms with Crippen LogP contribution in [0.3, 0.4) is 0 Å². The average molecular weight is 399 g/mol. The topological polar surface area (TPSA) is 50.4 Å². The van der Waals surface area contributed by atoms with Gasteiger partial charge in [0.05, 0.1) is 0 Å². The van der Waals surface area contributed by atoms with Crippen LogP contribution < -0.4 is 15.4 Å². The summed E-state index contributed by atoms with van der Waals surface area (Å²) in [7, 11) is 0. The number of hydrogen-bond donors (Lipinski definition) is 2. The van der Waals surface area contributed by atoms with Gasteiger partial charge in [-0.3, -0.25) is 4.79 Å². The van der Waals surface area contributed by atoms with Crippen molar-refractivity contribution in [2.24, 2.45) is 5.41 Å². The van der Waals surface area contributed by atoms with Gasteiger partial charge in [0.2, 0.25) is 0 Å². The molecular weight excluding hydrogens is 360 g/mol. The maximum Gasteiger partial charge on any atom is 0.258 e. The monoisotopic (exact) mass is 398 g/mol. The zero-order chi connectivity index (χ0) is 21.9. The fraction of sp³-hybridized carbons (Fsp3) is 0.560. The molecule has 2 aromatic rings. The molecule has 0 spiro atoms. The molecule has 0 bridgehead atoms. The molecule has 2 aromatic carbocycles. The molecule has 0 atom stereocenters. The molecule has 0 radical (unpaired) electrons. The maximum absolute atomic E-state index is 12.2. The molecule has 4 heteroatoms. The number of ether oxygens (including phenoxy) is 1. The lowest BCUT2D eigenvalue weighted by atomic mass is 9.81. The van der Waals surface area contributed by atoms with E-state index in [2.05, 4.69) is 63.5 Å². The smallest absolute Gasteiger partial charge is 0.258 e. The Balaban J connectivity index is 2.24. The Labute approximate surface area is 176 Å². The van der Waals surface area contributed by atoms with E-state index >= 15 is 0 Å². The predicted octanol–water partition coefficient (Wildman–Crippen LogP) is 5.44. The van der Waals surface area contributed by atoms with Gasteiger partial charge in [0, 0.05) is 23.2 Å². The number of carbonyl (C=O) groups is 1. The van der Waals surface area contributed by atoms with Crippen molar-refractivity contribution < 1.29 is 9.53 Å². The minimum atomic E-state index is -0.273. The molecule has 2 rings (SSSR count). The van der Waals surface area contributed by atoms with Crippen LogP contribution in [0, 0.1) is 5.41 Å². The van der Waals surface area contributed by atoms with Gasteiger partial charge in [0.15, 0.2) is 6.61 Å². The molecule has 1 amide bonds. The Hall–Kier alpha value is -2.07. The van der Waals surface area contributed by atoms with Crippen molar-refractivity contribution >= 4 is 16.7 Å². The molecule has 160 valence electrons. The van der Waals surface area contributed by atoms with Crippen LogP contribution in [0.1, 0.15) is 67.4 Å². The average Bonchev–Trinajstić information content (AvgIpc) is 2.54. The largest absolute Gasteiger partial charge is 0.483 e. The Bertz CT molecular complexity index is 842. The third kappa shape index (κ3) is 7.69. The summed E-state index contributed by atoms with van der Waals surface area (Å²) in [4.78, 5) is 12.2. The fourth-order valence-corrected chi connectivity index (χ4v) is 3.95. The van der Waals surface area contributed by atoms with E-state index in [4.69, 9.17) is 4.74 Å². The minimum Gasteiger partial charge on any atom is -0.483 e. The van der Waals surface area contributed by atoms with Crippen molar-refractivity contribution in [2.75, 3.05) is 6.61 Å². The number of carbonyl (C=O) groups excluding carboxylic acids is 1. The van der Waals surface area contributed by atoms with Crippen molar-refractivity contribution in [1.82, 2.24) is 10.6 Å². The molecule has 4 nitrogen and oxygen atoms in total. The van der Waals surface area contributed by atoms with Crippen LogP contribution in [-0.2, 0) is 11.3 Å². The van der Waals surface area contributed by atoms with E-state index in [1.807, 2.05) is 39.0 Å². The highest BCUT2D eigenvalue weighted by Crippen LogP contribution is 2.31. The number of amides is 1. The summed E-state index contributed by atoms with van der Waals surface area (Å²) in [6, 6.07) is 12.3. The third-order valence-corrected chi connectivity index (χ3v) is 4.59. The zero-order valence-corrected chi connectivity index (χ0v) is 19.4. The van der Waals surface area contributed by atoms with Gasteiger partial charge in [0.25, 0.3) is 5.91 Å². The van der Waals surface area contributed by atoms with Gasteiger partial charge >= 0.3 is 0 Å². The molecule has 0 aliphatic heterocycles. The molecule has 0 fully saturated rings. The van der Waals surface area contributed by atoms with E-state index in [9.17, 15) is 4.79 Å². The summed E-state index contributed by atoms with van der Waals surface area (Å²) in [6.45, 7) is 17.8. The van der Waals surface area contributed by atoms with Crippen LogP contribution in [0.15, 0.2) is 36.4 Å². The standard InChI is InChI=1S/C25H38N2O2/c1-23(2,3)17-25(7,8)26-15-20-19-12-10-9-11-18(19)13-14-21(20)29-16-22(28)27-24(4,5)6/h9-14,26H,15-17H2,1-8H3,(H,27,28). The van der Waals surface area contributed by atoms with Crippen LogP contribution in [0.5, 0.6) is 5.75 Å². The summed E-state index contributed by atoms with van der Waals surface area (Å²) < 4.78 is 5.97. The normalized spacial score (nSPS) is 12.8. The first-order valence-electron chi connectivity index (χ1n) is 10.5. The van der Waals surface area contributed by atoms with Gasteiger partial charge in [-0.25, -0.2) is 0 Å². The van der Waals surface area contributed by atoms with Crippen LogP contribution >= 0.6 is 0 Å². The molecule has 0 heterocycles. The van der Waals surface area contributed by atoms with Crippen LogP contribution in [0.4, 0.5) is 0 Å². The summed E-state index contributed by atoms with van der Waals surface area (Å²) in [5.74, 6) is 0.643. The first-order chi connectivity index (χ1) is 13.3. The minimum absolute atomic E-state index is 0.00793. The Morgan fingerprint density at radius 2 is 1.59 bits per heavy atom. The van der Waals surface area contributed by atoms with Gasteiger partial charge < -0.3 is 15.4 Å². The van der Waals surface area contributed by atoms with Crippen molar-refractivity contribution in [3.8, 4) is 5.75 Å². The first-order valence-corrected chi connectivity index (χ1v) is 10.5. The number of rotatable bonds is 7. The van der Waals surface area contributed by atoms with Crippen LogP contribution in [0.25, 0.3) is 10.8 Å². The third-order valence-electron chi connectivity index (χ3n) is 4.59. The van der Waals surface area contributed by atoms with E-state index < -0.39 is 0 Å². The summed E-state index contributed by atoms with van der Waals surface area (Å²) >= 11 is 0. The van der Waals surface area contributed by atoms with Crippen molar-refractivity contribution in [3.05, 3.63) is 42.0 Å². The van der Waals surface area contributed by atoms with E-state index in [0.29, 0.717) is 6.54 Å². The molecule has 0 aliphatic rings. The molecule has 0 saturated carbocycles. The lowest BCUT2D eigenvalue weighted by Gasteiger charge is -2.34. The van der Waals surface area contributed by atoms with Gasteiger partial charge in [-0.2, -0.15) is 0 Å². The molecule has 0 unspecified atom stereocenters. The predicted molar refractivity (Wildman–Crippen MR) is 122 cm³/mol. The second-order valence-electron chi connectivity index (χ2n) is 10.8. The Kier molecular flexibility index (Phi) is 7.00. The zero-order valence-electron chi connectivity index (χ0n) is 19.4. The van der Waals surface area contributed by atoms with E-state index in [1.165, 1.54) is 5.39 Å². The fourth-order valence-electron chi connectivity index (χ4n) is 3.95. The highest BCUT2D eigenvalue weighted by Gasteiger charge is 2.25.